The van der Waals surface area contributed by atoms with Gasteiger partial charge in [-0.05, 0) is 48.9 Å². The van der Waals surface area contributed by atoms with Gasteiger partial charge in [0.15, 0.2) is 5.76 Å². The van der Waals surface area contributed by atoms with E-state index in [1.54, 1.807) is 43.3 Å². The van der Waals surface area contributed by atoms with Crippen molar-refractivity contribution in [3.8, 4) is 0 Å². The molecule has 2 aromatic carbocycles. The number of carbonyl (C=O) groups excluding carboxylic acids is 1. The van der Waals surface area contributed by atoms with Crippen molar-refractivity contribution in [2.24, 2.45) is 5.14 Å². The smallest absolute Gasteiger partial charge is 0.287 e. The number of carbonyl (C=O) groups is 1. The highest BCUT2D eigenvalue weighted by Gasteiger charge is 2.17. The summed E-state index contributed by atoms with van der Waals surface area (Å²) in [4.78, 5) is 12.4. The second kappa shape index (κ2) is 6.51. The fraction of sp³-hybridized carbons (Fsp3) is 0.118. The summed E-state index contributed by atoms with van der Waals surface area (Å²) in [5.41, 5.74) is 1.16. The molecule has 0 aliphatic rings. The Balaban J connectivity index is 1.82. The van der Waals surface area contributed by atoms with E-state index in [1.165, 1.54) is 12.1 Å². The van der Waals surface area contributed by atoms with Gasteiger partial charge in [-0.1, -0.05) is 23.7 Å². The fourth-order valence-electron chi connectivity index (χ4n) is 2.44. The molecule has 0 bridgehead atoms. The summed E-state index contributed by atoms with van der Waals surface area (Å²) >= 11 is 5.92. The minimum absolute atomic E-state index is 0.00974. The Morgan fingerprint density at radius 3 is 2.68 bits per heavy atom. The molecule has 0 radical (unpaired) electrons. The van der Waals surface area contributed by atoms with Gasteiger partial charge < -0.3 is 9.73 Å². The molecule has 1 heterocycles. The molecule has 1 aromatic heterocycles. The molecule has 3 N–H and O–H groups in total. The van der Waals surface area contributed by atoms with E-state index in [2.05, 4.69) is 5.32 Å². The zero-order valence-corrected chi connectivity index (χ0v) is 14.8. The predicted molar refractivity (Wildman–Crippen MR) is 94.9 cm³/mol. The van der Waals surface area contributed by atoms with E-state index >= 15 is 0 Å². The third-order valence-electron chi connectivity index (χ3n) is 3.74. The Hall–Kier alpha value is -2.35. The molecule has 3 rings (SSSR count). The number of halogens is 1. The average molecular weight is 379 g/mol. The van der Waals surface area contributed by atoms with E-state index in [-0.39, 0.29) is 10.7 Å². The normalized spacial score (nSPS) is 12.9. The molecule has 0 aliphatic heterocycles. The minimum atomic E-state index is -3.80. The van der Waals surface area contributed by atoms with Crippen LogP contribution in [0.15, 0.2) is 57.8 Å². The summed E-state index contributed by atoms with van der Waals surface area (Å²) < 4.78 is 28.4. The third kappa shape index (κ3) is 3.84. The first kappa shape index (κ1) is 17.5. The maximum atomic E-state index is 12.4. The zero-order valence-electron chi connectivity index (χ0n) is 13.2. The topological polar surface area (TPSA) is 102 Å². The lowest BCUT2D eigenvalue weighted by molar-refractivity contribution is 0.0914. The number of amides is 1. The Labute approximate surface area is 149 Å². The van der Waals surface area contributed by atoms with Crippen LogP contribution in [-0.4, -0.2) is 14.3 Å². The number of hydrogen-bond acceptors (Lipinski definition) is 4. The molecule has 25 heavy (non-hydrogen) atoms. The van der Waals surface area contributed by atoms with Crippen molar-refractivity contribution in [3.63, 3.8) is 0 Å². The quantitative estimate of drug-likeness (QED) is 0.727. The number of nitrogens with one attached hydrogen (secondary N) is 1. The summed E-state index contributed by atoms with van der Waals surface area (Å²) in [5.74, 6) is -0.271. The number of benzene rings is 2. The van der Waals surface area contributed by atoms with Crippen molar-refractivity contribution in [1.29, 1.82) is 0 Å². The van der Waals surface area contributed by atoms with Crippen LogP contribution in [0.1, 0.15) is 29.1 Å². The van der Waals surface area contributed by atoms with Gasteiger partial charge in [-0.15, -0.1) is 0 Å². The molecule has 0 spiro atoms. The second-order valence-corrected chi connectivity index (χ2v) is 7.60. The summed E-state index contributed by atoms with van der Waals surface area (Å²) in [6.45, 7) is 1.74. The molecule has 1 unspecified atom stereocenters. The Kier molecular flexibility index (Phi) is 4.55. The van der Waals surface area contributed by atoms with E-state index in [4.69, 9.17) is 21.2 Å². The summed E-state index contributed by atoms with van der Waals surface area (Å²) in [7, 11) is -3.80. The van der Waals surface area contributed by atoms with E-state index in [0.717, 1.165) is 5.39 Å². The van der Waals surface area contributed by atoms with Crippen LogP contribution in [0.5, 0.6) is 0 Å². The molecule has 6 nitrogen and oxygen atoms in total. The van der Waals surface area contributed by atoms with Gasteiger partial charge in [0, 0.05) is 10.4 Å². The molecule has 8 heteroatoms. The Morgan fingerprint density at radius 2 is 1.96 bits per heavy atom. The van der Waals surface area contributed by atoms with E-state index in [9.17, 15) is 13.2 Å². The predicted octanol–water partition coefficient (Wildman–Crippen LogP) is 3.22. The standard InChI is InChI=1S/C17H15ClN2O4S/c1-10(11-3-2-4-14(8-11)25(19,22)23)20-17(21)16-9-12-7-13(18)5-6-15(12)24-16/h2-10H,1H3,(H,20,21)(H2,19,22,23). The maximum absolute atomic E-state index is 12.4. The molecule has 130 valence electrons. The minimum Gasteiger partial charge on any atom is -0.451 e. The number of fused-ring (bicyclic) bond motifs is 1. The van der Waals surface area contributed by atoms with E-state index in [1.807, 2.05) is 0 Å². The number of furan rings is 1. The molecule has 1 amide bonds. The van der Waals surface area contributed by atoms with Crippen molar-refractivity contribution in [3.05, 3.63) is 64.9 Å². The van der Waals surface area contributed by atoms with Gasteiger partial charge in [-0.25, -0.2) is 13.6 Å². The van der Waals surface area contributed by atoms with Gasteiger partial charge in [0.05, 0.1) is 10.9 Å². The fourth-order valence-corrected chi connectivity index (χ4v) is 3.19. The highest BCUT2D eigenvalue weighted by molar-refractivity contribution is 7.89. The highest BCUT2D eigenvalue weighted by Crippen LogP contribution is 2.24. The first-order chi connectivity index (χ1) is 11.7. The van der Waals surface area contributed by atoms with Crippen LogP contribution in [0.25, 0.3) is 11.0 Å². The first-order valence-corrected chi connectivity index (χ1v) is 9.29. The first-order valence-electron chi connectivity index (χ1n) is 7.37. The van der Waals surface area contributed by atoms with Gasteiger partial charge >= 0.3 is 0 Å². The SMILES string of the molecule is CC(NC(=O)c1cc2cc(Cl)ccc2o1)c1cccc(S(N)(=O)=O)c1. The number of hydrogen-bond donors (Lipinski definition) is 2. The van der Waals surface area contributed by atoms with Crippen LogP contribution in [0.4, 0.5) is 0 Å². The van der Waals surface area contributed by atoms with Gasteiger partial charge in [0.25, 0.3) is 5.91 Å². The summed E-state index contributed by atoms with van der Waals surface area (Å²) in [5, 5.41) is 9.17. The number of rotatable bonds is 4. The molecule has 0 aliphatic carbocycles. The molecular weight excluding hydrogens is 364 g/mol. The third-order valence-corrected chi connectivity index (χ3v) is 4.88. The van der Waals surface area contributed by atoms with E-state index < -0.39 is 22.0 Å². The van der Waals surface area contributed by atoms with Crippen molar-refractivity contribution in [1.82, 2.24) is 5.32 Å². The zero-order chi connectivity index (χ0) is 18.2. The van der Waals surface area contributed by atoms with E-state index in [0.29, 0.717) is 16.2 Å². The second-order valence-electron chi connectivity index (χ2n) is 5.61. The maximum Gasteiger partial charge on any atom is 0.287 e. The molecule has 1 atom stereocenters. The van der Waals surface area contributed by atoms with Gasteiger partial charge in [-0.2, -0.15) is 0 Å². The lowest BCUT2D eigenvalue weighted by atomic mass is 10.1. The van der Waals surface area contributed by atoms with Crippen LogP contribution >= 0.6 is 11.6 Å². The van der Waals surface area contributed by atoms with Crippen LogP contribution in [0, 0.1) is 0 Å². The molecule has 0 saturated carbocycles. The lowest BCUT2D eigenvalue weighted by Crippen LogP contribution is -2.26. The van der Waals surface area contributed by atoms with Crippen molar-refractivity contribution < 1.29 is 17.6 Å². The molecule has 3 aromatic rings. The van der Waals surface area contributed by atoms with Crippen molar-refractivity contribution in [2.45, 2.75) is 17.9 Å². The van der Waals surface area contributed by atoms with Gasteiger partial charge in [0.2, 0.25) is 10.0 Å². The van der Waals surface area contributed by atoms with Crippen LogP contribution in [-0.2, 0) is 10.0 Å². The summed E-state index contributed by atoms with van der Waals surface area (Å²) in [6, 6.07) is 12.3. The lowest BCUT2D eigenvalue weighted by Gasteiger charge is -2.14. The summed E-state index contributed by atoms with van der Waals surface area (Å²) in [6.07, 6.45) is 0. The molecular formula is C17H15ClN2O4S. The highest BCUT2D eigenvalue weighted by atomic mass is 35.5. The Bertz CT molecular complexity index is 1060. The van der Waals surface area contributed by atoms with Gasteiger partial charge in [0.1, 0.15) is 5.58 Å². The van der Waals surface area contributed by atoms with Crippen molar-refractivity contribution in [2.75, 3.05) is 0 Å². The van der Waals surface area contributed by atoms with Crippen LogP contribution < -0.4 is 10.5 Å². The number of primary sulfonamides is 1. The molecule has 0 fully saturated rings. The molecule has 0 saturated heterocycles. The van der Waals surface area contributed by atoms with Gasteiger partial charge in [-0.3, -0.25) is 4.79 Å². The largest absolute Gasteiger partial charge is 0.451 e. The van der Waals surface area contributed by atoms with Crippen LogP contribution in [0.2, 0.25) is 5.02 Å². The monoisotopic (exact) mass is 378 g/mol. The van der Waals surface area contributed by atoms with Crippen molar-refractivity contribution >= 4 is 38.5 Å². The number of nitrogens with two attached hydrogens (primary N) is 1. The Morgan fingerprint density at radius 1 is 1.20 bits per heavy atom. The average Bonchev–Trinajstić information content (AvgIpc) is 2.97. The number of sulfonamides is 1. The van der Waals surface area contributed by atoms with Crippen LogP contribution in [0.3, 0.4) is 0 Å².